The van der Waals surface area contributed by atoms with Crippen molar-refractivity contribution in [1.29, 1.82) is 0 Å². The molecule has 1 fully saturated rings. The Morgan fingerprint density at radius 3 is 2.26 bits per heavy atom. The second-order valence-electron chi connectivity index (χ2n) is 7.27. The lowest BCUT2D eigenvalue weighted by molar-refractivity contribution is -0.146. The highest BCUT2D eigenvalue weighted by Gasteiger charge is 2.25. The van der Waals surface area contributed by atoms with Gasteiger partial charge in [0.1, 0.15) is 0 Å². The molecule has 2 aromatic carbocycles. The molecule has 1 aliphatic rings. The number of anilines is 1. The van der Waals surface area contributed by atoms with Crippen molar-refractivity contribution >= 4 is 17.5 Å². The summed E-state index contributed by atoms with van der Waals surface area (Å²) in [5, 5.41) is 2.75. The minimum absolute atomic E-state index is 0.383. The maximum Gasteiger partial charge on any atom is 0.312 e. The zero-order chi connectivity index (χ0) is 22.1. The van der Waals surface area contributed by atoms with E-state index in [-0.39, 0.29) is 0 Å². The third-order valence-electron chi connectivity index (χ3n) is 5.19. The SMILES string of the molecule is CCOc1ccc(CCNC(=O)C(=O)N2CCN(c3ccccc3)CC2)cc1OCC. The molecule has 1 aliphatic heterocycles. The molecule has 7 nitrogen and oxygen atoms in total. The highest BCUT2D eigenvalue weighted by atomic mass is 16.5. The molecule has 0 bridgehead atoms. The number of hydrogen-bond donors (Lipinski definition) is 1. The lowest BCUT2D eigenvalue weighted by atomic mass is 10.1. The Labute approximate surface area is 183 Å². The van der Waals surface area contributed by atoms with Crippen molar-refractivity contribution < 1.29 is 19.1 Å². The summed E-state index contributed by atoms with van der Waals surface area (Å²) in [7, 11) is 0. The topological polar surface area (TPSA) is 71.1 Å². The number of para-hydroxylation sites is 1. The number of piperazine rings is 1. The first-order chi connectivity index (χ1) is 15.1. The van der Waals surface area contributed by atoms with Crippen LogP contribution in [0.3, 0.4) is 0 Å². The van der Waals surface area contributed by atoms with Gasteiger partial charge >= 0.3 is 11.8 Å². The zero-order valence-electron chi connectivity index (χ0n) is 18.3. The molecule has 166 valence electrons. The molecule has 3 rings (SSSR count). The van der Waals surface area contributed by atoms with Gasteiger partial charge in [0.2, 0.25) is 0 Å². The van der Waals surface area contributed by atoms with Crippen LogP contribution in [0.25, 0.3) is 0 Å². The van der Waals surface area contributed by atoms with Crippen LogP contribution in [-0.4, -0.2) is 62.7 Å². The Kier molecular flexibility index (Phi) is 8.15. The molecule has 7 heteroatoms. The normalized spacial score (nSPS) is 13.6. The number of benzene rings is 2. The van der Waals surface area contributed by atoms with Crippen molar-refractivity contribution in [1.82, 2.24) is 10.2 Å². The molecule has 0 saturated carbocycles. The van der Waals surface area contributed by atoms with E-state index in [0.29, 0.717) is 50.8 Å². The zero-order valence-corrected chi connectivity index (χ0v) is 18.3. The van der Waals surface area contributed by atoms with E-state index in [9.17, 15) is 9.59 Å². The van der Waals surface area contributed by atoms with Crippen LogP contribution in [0.2, 0.25) is 0 Å². The molecule has 1 saturated heterocycles. The summed E-state index contributed by atoms with van der Waals surface area (Å²) in [4.78, 5) is 28.7. The first kappa shape index (κ1) is 22.5. The Bertz CT molecular complexity index is 864. The quantitative estimate of drug-likeness (QED) is 0.658. The standard InChI is InChI=1S/C24H31N3O4/c1-3-30-21-11-10-19(18-22(21)31-4-2)12-13-25-23(28)24(29)27-16-14-26(15-17-27)20-8-6-5-7-9-20/h5-11,18H,3-4,12-17H2,1-2H3,(H,25,28). The molecule has 1 heterocycles. The van der Waals surface area contributed by atoms with Crippen molar-refractivity contribution in [3.05, 3.63) is 54.1 Å². The Balaban J connectivity index is 1.45. The van der Waals surface area contributed by atoms with Gasteiger partial charge in [-0.05, 0) is 50.1 Å². The average Bonchev–Trinajstić information content (AvgIpc) is 2.81. The fraction of sp³-hybridized carbons (Fsp3) is 0.417. The summed E-state index contributed by atoms with van der Waals surface area (Å²) in [6.07, 6.45) is 0.604. The number of nitrogens with one attached hydrogen (secondary N) is 1. The molecule has 0 spiro atoms. The third kappa shape index (κ3) is 6.13. The molecule has 2 amide bonds. The lowest BCUT2D eigenvalue weighted by Gasteiger charge is -2.35. The van der Waals surface area contributed by atoms with Crippen molar-refractivity contribution in [2.75, 3.05) is 50.8 Å². The van der Waals surface area contributed by atoms with Gasteiger partial charge in [-0.3, -0.25) is 9.59 Å². The van der Waals surface area contributed by atoms with Crippen LogP contribution in [0, 0.1) is 0 Å². The van der Waals surface area contributed by atoms with Crippen LogP contribution in [0.15, 0.2) is 48.5 Å². The Hall–Kier alpha value is -3.22. The van der Waals surface area contributed by atoms with E-state index < -0.39 is 11.8 Å². The molecule has 0 radical (unpaired) electrons. The molecule has 0 aliphatic carbocycles. The van der Waals surface area contributed by atoms with Crippen molar-refractivity contribution in [2.45, 2.75) is 20.3 Å². The van der Waals surface area contributed by atoms with Gasteiger partial charge in [0.05, 0.1) is 13.2 Å². The number of hydrogen-bond acceptors (Lipinski definition) is 5. The fourth-order valence-corrected chi connectivity index (χ4v) is 3.60. The van der Waals surface area contributed by atoms with Crippen LogP contribution < -0.4 is 19.7 Å². The van der Waals surface area contributed by atoms with Crippen LogP contribution in [-0.2, 0) is 16.0 Å². The number of ether oxygens (including phenoxy) is 2. The maximum absolute atomic E-state index is 12.5. The number of carbonyl (C=O) groups is 2. The Morgan fingerprint density at radius 1 is 0.903 bits per heavy atom. The highest BCUT2D eigenvalue weighted by Crippen LogP contribution is 2.28. The minimum atomic E-state index is -0.552. The number of rotatable bonds is 8. The monoisotopic (exact) mass is 425 g/mol. The summed E-state index contributed by atoms with van der Waals surface area (Å²) in [5.41, 5.74) is 2.15. The molecule has 31 heavy (non-hydrogen) atoms. The number of nitrogens with zero attached hydrogens (tertiary/aromatic N) is 2. The first-order valence-electron chi connectivity index (χ1n) is 10.9. The van der Waals surface area contributed by atoms with Crippen LogP contribution in [0.1, 0.15) is 19.4 Å². The summed E-state index contributed by atoms with van der Waals surface area (Å²) in [6.45, 7) is 7.86. The third-order valence-corrected chi connectivity index (χ3v) is 5.19. The summed E-state index contributed by atoms with van der Waals surface area (Å²) in [5.74, 6) is 0.390. The predicted molar refractivity (Wildman–Crippen MR) is 121 cm³/mol. The van der Waals surface area contributed by atoms with E-state index in [0.717, 1.165) is 24.3 Å². The van der Waals surface area contributed by atoms with Gasteiger partial charge in [-0.25, -0.2) is 0 Å². The lowest BCUT2D eigenvalue weighted by Crippen LogP contribution is -2.52. The van der Waals surface area contributed by atoms with E-state index >= 15 is 0 Å². The summed E-state index contributed by atoms with van der Waals surface area (Å²) >= 11 is 0. The van der Waals surface area contributed by atoms with Gasteiger partial charge in [-0.1, -0.05) is 24.3 Å². The van der Waals surface area contributed by atoms with E-state index in [1.807, 2.05) is 50.2 Å². The second kappa shape index (κ2) is 11.2. The Morgan fingerprint density at radius 2 is 1.58 bits per heavy atom. The van der Waals surface area contributed by atoms with E-state index in [4.69, 9.17) is 9.47 Å². The molecular formula is C24H31N3O4. The van der Waals surface area contributed by atoms with Gasteiger partial charge in [-0.2, -0.15) is 0 Å². The predicted octanol–water partition coefficient (Wildman–Crippen LogP) is 2.49. The molecular weight excluding hydrogens is 394 g/mol. The van der Waals surface area contributed by atoms with Gasteiger partial charge in [0, 0.05) is 38.4 Å². The van der Waals surface area contributed by atoms with Crippen LogP contribution in [0.4, 0.5) is 5.69 Å². The second-order valence-corrected chi connectivity index (χ2v) is 7.27. The van der Waals surface area contributed by atoms with Crippen LogP contribution >= 0.6 is 0 Å². The van der Waals surface area contributed by atoms with Crippen molar-refractivity contribution in [2.24, 2.45) is 0 Å². The fourth-order valence-electron chi connectivity index (χ4n) is 3.60. The smallest absolute Gasteiger partial charge is 0.312 e. The van der Waals surface area contributed by atoms with Crippen molar-refractivity contribution in [3.8, 4) is 11.5 Å². The van der Waals surface area contributed by atoms with E-state index in [1.54, 1.807) is 4.90 Å². The molecule has 1 N–H and O–H groups in total. The first-order valence-corrected chi connectivity index (χ1v) is 10.9. The number of amides is 2. The average molecular weight is 426 g/mol. The van der Waals surface area contributed by atoms with Gasteiger partial charge < -0.3 is 24.6 Å². The van der Waals surface area contributed by atoms with Gasteiger partial charge in [-0.15, -0.1) is 0 Å². The molecule has 2 aromatic rings. The molecule has 0 aromatic heterocycles. The highest BCUT2D eigenvalue weighted by molar-refractivity contribution is 6.35. The van der Waals surface area contributed by atoms with Crippen LogP contribution in [0.5, 0.6) is 11.5 Å². The summed E-state index contributed by atoms with van der Waals surface area (Å²) in [6, 6.07) is 15.9. The van der Waals surface area contributed by atoms with E-state index in [2.05, 4.69) is 22.3 Å². The molecule has 0 atom stereocenters. The summed E-state index contributed by atoms with van der Waals surface area (Å²) < 4.78 is 11.2. The largest absolute Gasteiger partial charge is 0.490 e. The van der Waals surface area contributed by atoms with Gasteiger partial charge in [0.15, 0.2) is 11.5 Å². The van der Waals surface area contributed by atoms with Crippen molar-refractivity contribution in [3.63, 3.8) is 0 Å². The maximum atomic E-state index is 12.5. The van der Waals surface area contributed by atoms with Gasteiger partial charge in [0.25, 0.3) is 0 Å². The minimum Gasteiger partial charge on any atom is -0.490 e. The molecule has 0 unspecified atom stereocenters. The number of carbonyl (C=O) groups excluding carboxylic acids is 2. The van der Waals surface area contributed by atoms with E-state index in [1.165, 1.54) is 0 Å².